The topological polar surface area (TPSA) is 55.1 Å². The first kappa shape index (κ1) is 12.5. The molecule has 1 aromatic rings. The second-order valence-electron chi connectivity index (χ2n) is 3.83. The molecule has 1 amide bonds. The van der Waals surface area contributed by atoms with E-state index in [1.165, 1.54) is 0 Å². The summed E-state index contributed by atoms with van der Waals surface area (Å²) in [7, 11) is 0. The van der Waals surface area contributed by atoms with Crippen LogP contribution >= 0.6 is 0 Å². The average molecular weight is 218 g/mol. The Morgan fingerprint density at radius 1 is 1.50 bits per heavy atom. The summed E-state index contributed by atoms with van der Waals surface area (Å²) in [5.74, 6) is -0.142. The molecule has 86 valence electrons. The molecule has 0 heterocycles. The summed E-state index contributed by atoms with van der Waals surface area (Å²) in [5.41, 5.74) is 6.87. The van der Waals surface area contributed by atoms with E-state index >= 15 is 0 Å². The summed E-state index contributed by atoms with van der Waals surface area (Å²) in [5, 5.41) is 2.77. The summed E-state index contributed by atoms with van der Waals surface area (Å²) in [6.45, 7) is 5.46. The van der Waals surface area contributed by atoms with Crippen LogP contribution in [0.5, 0.6) is 0 Å². The Hall–Kier alpha value is -1.61. The number of benzene rings is 1. The number of hydrogen-bond acceptors (Lipinski definition) is 2. The molecule has 0 aliphatic heterocycles. The van der Waals surface area contributed by atoms with Crippen LogP contribution in [-0.2, 0) is 11.2 Å². The van der Waals surface area contributed by atoms with Gasteiger partial charge in [-0.3, -0.25) is 4.79 Å². The molecule has 0 saturated heterocycles. The zero-order valence-electron chi connectivity index (χ0n) is 9.52. The van der Waals surface area contributed by atoms with Crippen LogP contribution in [0.4, 0.5) is 0 Å². The van der Waals surface area contributed by atoms with Crippen LogP contribution in [0.1, 0.15) is 12.5 Å². The van der Waals surface area contributed by atoms with Crippen molar-refractivity contribution in [3.05, 3.63) is 48.6 Å². The number of amides is 1. The van der Waals surface area contributed by atoms with Crippen LogP contribution < -0.4 is 11.1 Å². The van der Waals surface area contributed by atoms with E-state index in [9.17, 15) is 4.79 Å². The molecular formula is C13H18N2O. The van der Waals surface area contributed by atoms with Gasteiger partial charge in [0, 0.05) is 6.04 Å². The van der Waals surface area contributed by atoms with Gasteiger partial charge in [-0.1, -0.05) is 36.4 Å². The summed E-state index contributed by atoms with van der Waals surface area (Å²) < 4.78 is 0. The number of nitrogens with one attached hydrogen (secondary N) is 1. The van der Waals surface area contributed by atoms with Crippen molar-refractivity contribution in [2.24, 2.45) is 5.73 Å². The zero-order chi connectivity index (χ0) is 12.0. The van der Waals surface area contributed by atoms with Crippen molar-refractivity contribution in [1.82, 2.24) is 5.32 Å². The van der Waals surface area contributed by atoms with Crippen molar-refractivity contribution in [3.63, 3.8) is 0 Å². The van der Waals surface area contributed by atoms with E-state index in [0.717, 1.165) is 5.56 Å². The molecule has 3 heteroatoms. The lowest BCUT2D eigenvalue weighted by molar-refractivity contribution is -0.122. The highest BCUT2D eigenvalue weighted by Gasteiger charge is 2.14. The third-order valence-corrected chi connectivity index (χ3v) is 2.36. The standard InChI is InChI=1S/C13H18N2O/c1-3-10(2)15-13(16)12(14)9-11-7-5-4-6-8-11/h3-8,10,12H,1,9,14H2,2H3,(H,15,16)/t10?,12-/m0/s1. The van der Waals surface area contributed by atoms with Crippen LogP contribution in [0.2, 0.25) is 0 Å². The van der Waals surface area contributed by atoms with Crippen LogP contribution in [0, 0.1) is 0 Å². The predicted molar refractivity (Wildman–Crippen MR) is 65.9 cm³/mol. The molecule has 0 bridgehead atoms. The van der Waals surface area contributed by atoms with Gasteiger partial charge in [0.25, 0.3) is 0 Å². The molecule has 1 aromatic carbocycles. The number of hydrogen-bond donors (Lipinski definition) is 2. The third-order valence-electron chi connectivity index (χ3n) is 2.36. The molecule has 0 fully saturated rings. The Morgan fingerprint density at radius 3 is 2.69 bits per heavy atom. The highest BCUT2D eigenvalue weighted by molar-refractivity contribution is 5.82. The first-order valence-corrected chi connectivity index (χ1v) is 5.36. The number of nitrogens with two attached hydrogens (primary N) is 1. The summed E-state index contributed by atoms with van der Waals surface area (Å²) in [4.78, 5) is 11.6. The molecule has 16 heavy (non-hydrogen) atoms. The van der Waals surface area contributed by atoms with Crippen molar-refractivity contribution < 1.29 is 4.79 Å². The van der Waals surface area contributed by atoms with E-state index in [4.69, 9.17) is 5.73 Å². The lowest BCUT2D eigenvalue weighted by atomic mass is 10.1. The van der Waals surface area contributed by atoms with Crippen molar-refractivity contribution in [2.45, 2.75) is 25.4 Å². The smallest absolute Gasteiger partial charge is 0.237 e. The monoisotopic (exact) mass is 218 g/mol. The quantitative estimate of drug-likeness (QED) is 0.731. The minimum absolute atomic E-state index is 0.0469. The summed E-state index contributed by atoms with van der Waals surface area (Å²) in [6.07, 6.45) is 2.23. The zero-order valence-corrected chi connectivity index (χ0v) is 9.52. The molecule has 0 aliphatic carbocycles. The van der Waals surface area contributed by atoms with E-state index in [-0.39, 0.29) is 11.9 Å². The average Bonchev–Trinajstić information content (AvgIpc) is 2.30. The van der Waals surface area contributed by atoms with E-state index < -0.39 is 6.04 Å². The van der Waals surface area contributed by atoms with Gasteiger partial charge in [-0.25, -0.2) is 0 Å². The highest BCUT2D eigenvalue weighted by atomic mass is 16.2. The van der Waals surface area contributed by atoms with Gasteiger partial charge in [0.1, 0.15) is 0 Å². The molecule has 0 radical (unpaired) electrons. The first-order chi connectivity index (χ1) is 7.63. The van der Waals surface area contributed by atoms with Gasteiger partial charge in [0.2, 0.25) is 5.91 Å². The normalized spacial score (nSPS) is 13.9. The maximum atomic E-state index is 11.6. The fourth-order valence-electron chi connectivity index (χ4n) is 1.35. The van der Waals surface area contributed by atoms with Crippen molar-refractivity contribution in [1.29, 1.82) is 0 Å². The van der Waals surface area contributed by atoms with Gasteiger partial charge in [-0.2, -0.15) is 0 Å². The van der Waals surface area contributed by atoms with Gasteiger partial charge in [0.05, 0.1) is 6.04 Å². The van der Waals surface area contributed by atoms with Crippen LogP contribution in [0.25, 0.3) is 0 Å². The molecule has 1 unspecified atom stereocenters. The first-order valence-electron chi connectivity index (χ1n) is 5.36. The Bertz CT molecular complexity index is 348. The third kappa shape index (κ3) is 3.87. The molecule has 0 spiro atoms. The maximum absolute atomic E-state index is 11.6. The van der Waals surface area contributed by atoms with Gasteiger partial charge >= 0.3 is 0 Å². The van der Waals surface area contributed by atoms with Gasteiger partial charge in [0.15, 0.2) is 0 Å². The van der Waals surface area contributed by atoms with Crippen LogP contribution in [0.15, 0.2) is 43.0 Å². The number of carbonyl (C=O) groups is 1. The second-order valence-corrected chi connectivity index (χ2v) is 3.83. The van der Waals surface area contributed by atoms with E-state index in [0.29, 0.717) is 6.42 Å². The fraction of sp³-hybridized carbons (Fsp3) is 0.308. The summed E-state index contributed by atoms with van der Waals surface area (Å²) >= 11 is 0. The molecule has 3 N–H and O–H groups in total. The highest BCUT2D eigenvalue weighted by Crippen LogP contribution is 2.02. The van der Waals surface area contributed by atoms with Crippen molar-refractivity contribution >= 4 is 5.91 Å². The molecular weight excluding hydrogens is 200 g/mol. The van der Waals surface area contributed by atoms with E-state index in [2.05, 4.69) is 11.9 Å². The predicted octanol–water partition coefficient (Wildman–Crippen LogP) is 1.25. The minimum atomic E-state index is -0.509. The molecule has 0 aliphatic rings. The largest absolute Gasteiger partial charge is 0.349 e. The van der Waals surface area contributed by atoms with Gasteiger partial charge < -0.3 is 11.1 Å². The lowest BCUT2D eigenvalue weighted by Crippen LogP contribution is -2.44. The van der Waals surface area contributed by atoms with E-state index in [1.807, 2.05) is 37.3 Å². The number of carbonyl (C=O) groups excluding carboxylic acids is 1. The SMILES string of the molecule is C=CC(C)NC(=O)[C@@H](N)Cc1ccccc1. The maximum Gasteiger partial charge on any atom is 0.237 e. The van der Waals surface area contributed by atoms with Gasteiger partial charge in [-0.15, -0.1) is 6.58 Å². The van der Waals surface area contributed by atoms with Crippen molar-refractivity contribution in [2.75, 3.05) is 0 Å². The molecule has 0 saturated carbocycles. The Morgan fingerprint density at radius 2 is 2.12 bits per heavy atom. The summed E-state index contributed by atoms with van der Waals surface area (Å²) in [6, 6.07) is 9.18. The number of rotatable bonds is 5. The molecule has 1 rings (SSSR count). The minimum Gasteiger partial charge on any atom is -0.349 e. The Balaban J connectivity index is 2.49. The molecule has 0 aromatic heterocycles. The van der Waals surface area contributed by atoms with E-state index in [1.54, 1.807) is 6.08 Å². The van der Waals surface area contributed by atoms with Crippen LogP contribution in [0.3, 0.4) is 0 Å². The van der Waals surface area contributed by atoms with Crippen molar-refractivity contribution in [3.8, 4) is 0 Å². The molecule has 2 atom stereocenters. The lowest BCUT2D eigenvalue weighted by Gasteiger charge is -2.14. The second kappa shape index (κ2) is 6.08. The van der Waals surface area contributed by atoms with Gasteiger partial charge in [-0.05, 0) is 18.9 Å². The van der Waals surface area contributed by atoms with Crippen LogP contribution in [-0.4, -0.2) is 18.0 Å². The fourth-order valence-corrected chi connectivity index (χ4v) is 1.35. The Labute approximate surface area is 96.3 Å². The molecule has 3 nitrogen and oxygen atoms in total. The Kier molecular flexibility index (Phi) is 4.73.